The van der Waals surface area contributed by atoms with Gasteiger partial charge in [0.25, 0.3) is 0 Å². The third-order valence-electron chi connectivity index (χ3n) is 2.88. The fourth-order valence-corrected chi connectivity index (χ4v) is 4.35. The summed E-state index contributed by atoms with van der Waals surface area (Å²) in [5.74, 6) is 0.818. The maximum atomic E-state index is 12.7. The van der Waals surface area contributed by atoms with E-state index in [1.54, 1.807) is 36.4 Å². The minimum Gasteiger partial charge on any atom is -0.495 e. The van der Waals surface area contributed by atoms with Crippen molar-refractivity contribution in [2.75, 3.05) is 7.11 Å². The van der Waals surface area contributed by atoms with Crippen LogP contribution in [-0.2, 0) is 9.84 Å². The van der Waals surface area contributed by atoms with E-state index >= 15 is 0 Å². The van der Waals surface area contributed by atoms with Crippen LogP contribution in [0.25, 0.3) is 0 Å². The summed E-state index contributed by atoms with van der Waals surface area (Å²) in [5.41, 5.74) is 0. The summed E-state index contributed by atoms with van der Waals surface area (Å²) >= 11 is 4.20. The Labute approximate surface area is 116 Å². The molecule has 4 nitrogen and oxygen atoms in total. The first-order chi connectivity index (χ1) is 9.05. The molecule has 0 amide bonds. The van der Waals surface area contributed by atoms with E-state index < -0.39 is 9.84 Å². The van der Waals surface area contributed by atoms with Gasteiger partial charge in [-0.2, -0.15) is 0 Å². The number of methoxy groups -OCH3 is 1. The van der Waals surface area contributed by atoms with Crippen LogP contribution in [0, 0.1) is 0 Å². The van der Waals surface area contributed by atoms with Gasteiger partial charge in [-0.15, -0.1) is 12.6 Å². The molecule has 0 spiro atoms. The number of hydrogen-bond donors (Lipinski definition) is 1. The Kier molecular flexibility index (Phi) is 2.72. The van der Waals surface area contributed by atoms with Gasteiger partial charge in [-0.05, 0) is 24.3 Å². The molecule has 6 heteroatoms. The van der Waals surface area contributed by atoms with Crippen LogP contribution in [0.4, 0.5) is 0 Å². The van der Waals surface area contributed by atoms with Crippen molar-refractivity contribution in [3.8, 4) is 17.2 Å². The molecule has 1 heterocycles. The highest BCUT2D eigenvalue weighted by atomic mass is 32.2. The monoisotopic (exact) mass is 294 g/mol. The molecule has 3 rings (SSSR count). The predicted octanol–water partition coefficient (Wildman–Crippen LogP) is 2.92. The predicted molar refractivity (Wildman–Crippen MR) is 72.2 cm³/mol. The number of hydrogen-bond acceptors (Lipinski definition) is 5. The molecule has 0 fully saturated rings. The number of thiol groups is 1. The van der Waals surface area contributed by atoms with Gasteiger partial charge in [0.05, 0.1) is 7.11 Å². The van der Waals surface area contributed by atoms with E-state index in [4.69, 9.17) is 9.47 Å². The van der Waals surface area contributed by atoms with E-state index in [1.807, 2.05) is 0 Å². The smallest absolute Gasteiger partial charge is 0.218 e. The number of sulfone groups is 1. The maximum absolute atomic E-state index is 12.7. The average molecular weight is 294 g/mol. The minimum absolute atomic E-state index is 0.0477. The summed E-state index contributed by atoms with van der Waals surface area (Å²) in [6.07, 6.45) is 0. The number of ether oxygens (including phenoxy) is 2. The summed E-state index contributed by atoms with van der Waals surface area (Å²) in [6, 6.07) is 9.79. The summed E-state index contributed by atoms with van der Waals surface area (Å²) in [5, 5.41) is 0. The van der Waals surface area contributed by atoms with Crippen molar-refractivity contribution in [1.82, 2.24) is 0 Å². The van der Waals surface area contributed by atoms with Gasteiger partial charge < -0.3 is 9.47 Å². The molecule has 98 valence electrons. The zero-order chi connectivity index (χ0) is 13.6. The van der Waals surface area contributed by atoms with Gasteiger partial charge in [0.2, 0.25) is 9.84 Å². The molecule has 0 radical (unpaired) electrons. The SMILES string of the molecule is COc1cccc2c1S(=O)(=O)c1c(S)cccc1O2. The van der Waals surface area contributed by atoms with Crippen molar-refractivity contribution in [3.63, 3.8) is 0 Å². The van der Waals surface area contributed by atoms with Gasteiger partial charge in [-0.3, -0.25) is 0 Å². The molecule has 0 N–H and O–H groups in total. The summed E-state index contributed by atoms with van der Waals surface area (Å²) < 4.78 is 36.1. The van der Waals surface area contributed by atoms with Crippen LogP contribution in [0.1, 0.15) is 0 Å². The Bertz CT molecular complexity index is 766. The second-order valence-corrected chi connectivity index (χ2v) is 6.30. The summed E-state index contributed by atoms with van der Waals surface area (Å²) in [4.78, 5) is 0.482. The molecule has 0 aliphatic carbocycles. The largest absolute Gasteiger partial charge is 0.495 e. The molecule has 0 atom stereocenters. The lowest BCUT2D eigenvalue weighted by Gasteiger charge is -2.22. The molecular weight excluding hydrogens is 284 g/mol. The molecule has 19 heavy (non-hydrogen) atoms. The lowest BCUT2D eigenvalue weighted by atomic mass is 10.3. The van der Waals surface area contributed by atoms with Crippen LogP contribution in [0.3, 0.4) is 0 Å². The van der Waals surface area contributed by atoms with Gasteiger partial charge in [0.15, 0.2) is 4.90 Å². The zero-order valence-corrected chi connectivity index (χ0v) is 11.7. The lowest BCUT2D eigenvalue weighted by molar-refractivity contribution is 0.383. The topological polar surface area (TPSA) is 52.6 Å². The molecular formula is C13H10O4S2. The highest BCUT2D eigenvalue weighted by Gasteiger charge is 2.35. The van der Waals surface area contributed by atoms with Crippen LogP contribution < -0.4 is 9.47 Å². The van der Waals surface area contributed by atoms with Crippen molar-refractivity contribution in [2.45, 2.75) is 14.7 Å². The van der Waals surface area contributed by atoms with Crippen molar-refractivity contribution in [2.24, 2.45) is 0 Å². The van der Waals surface area contributed by atoms with Crippen molar-refractivity contribution in [3.05, 3.63) is 36.4 Å². The van der Waals surface area contributed by atoms with E-state index in [1.165, 1.54) is 7.11 Å². The molecule has 0 saturated carbocycles. The van der Waals surface area contributed by atoms with E-state index in [2.05, 4.69) is 12.6 Å². The van der Waals surface area contributed by atoms with Gasteiger partial charge in [0.1, 0.15) is 22.1 Å². The van der Waals surface area contributed by atoms with Gasteiger partial charge in [-0.25, -0.2) is 8.42 Å². The maximum Gasteiger partial charge on any atom is 0.218 e. The molecule has 2 aromatic carbocycles. The van der Waals surface area contributed by atoms with Crippen molar-refractivity contribution in [1.29, 1.82) is 0 Å². The molecule has 2 aromatic rings. The second-order valence-electron chi connectivity index (χ2n) is 4.00. The first-order valence-corrected chi connectivity index (χ1v) is 7.40. The Hall–Kier alpha value is -1.66. The normalized spacial score (nSPS) is 15.1. The molecule has 1 aliphatic heterocycles. The number of fused-ring (bicyclic) bond motifs is 2. The third-order valence-corrected chi connectivity index (χ3v) is 5.30. The van der Waals surface area contributed by atoms with Crippen LogP contribution >= 0.6 is 12.6 Å². The molecule has 1 aliphatic rings. The zero-order valence-electron chi connectivity index (χ0n) is 9.95. The second kappa shape index (κ2) is 4.18. The van der Waals surface area contributed by atoms with Crippen LogP contribution in [-0.4, -0.2) is 15.5 Å². The van der Waals surface area contributed by atoms with Crippen LogP contribution in [0.5, 0.6) is 17.2 Å². The quantitative estimate of drug-likeness (QED) is 0.701. The highest BCUT2D eigenvalue weighted by Crippen LogP contribution is 2.48. The van der Waals surface area contributed by atoms with Gasteiger partial charge in [-0.1, -0.05) is 12.1 Å². The van der Waals surface area contributed by atoms with Gasteiger partial charge in [0, 0.05) is 4.90 Å². The Morgan fingerprint density at radius 2 is 1.68 bits per heavy atom. The third kappa shape index (κ3) is 1.71. The van der Waals surface area contributed by atoms with Gasteiger partial charge >= 0.3 is 0 Å². The Balaban J connectivity index is 2.40. The number of rotatable bonds is 1. The minimum atomic E-state index is -3.70. The van der Waals surface area contributed by atoms with E-state index in [9.17, 15) is 8.42 Å². The molecule has 0 unspecified atom stereocenters. The number of benzene rings is 2. The first-order valence-electron chi connectivity index (χ1n) is 5.47. The highest BCUT2D eigenvalue weighted by molar-refractivity contribution is 7.92. The fourth-order valence-electron chi connectivity index (χ4n) is 2.08. The molecule has 0 aromatic heterocycles. The van der Waals surface area contributed by atoms with E-state index in [0.29, 0.717) is 4.90 Å². The Morgan fingerprint density at radius 3 is 2.37 bits per heavy atom. The standard InChI is InChI=1S/C13H10O4S2/c1-16-8-4-2-5-9-12(8)19(14,15)13-10(17-9)6-3-7-11(13)18/h2-7,18H,1H3. The Morgan fingerprint density at radius 1 is 1.05 bits per heavy atom. The lowest BCUT2D eigenvalue weighted by Crippen LogP contribution is -2.13. The van der Waals surface area contributed by atoms with Crippen LogP contribution in [0.2, 0.25) is 0 Å². The molecule has 0 saturated heterocycles. The van der Waals surface area contributed by atoms with Crippen molar-refractivity contribution >= 4 is 22.5 Å². The fraction of sp³-hybridized carbons (Fsp3) is 0.0769. The first kappa shape index (κ1) is 12.4. The summed E-state index contributed by atoms with van der Waals surface area (Å²) in [7, 11) is -2.28. The summed E-state index contributed by atoms with van der Waals surface area (Å²) in [6.45, 7) is 0. The van der Waals surface area contributed by atoms with E-state index in [0.717, 1.165) is 0 Å². The van der Waals surface area contributed by atoms with Crippen molar-refractivity contribution < 1.29 is 17.9 Å². The van der Waals surface area contributed by atoms with E-state index in [-0.39, 0.29) is 27.0 Å². The van der Waals surface area contributed by atoms with Crippen LogP contribution in [0.15, 0.2) is 51.1 Å². The average Bonchev–Trinajstić information content (AvgIpc) is 2.37. The molecule has 0 bridgehead atoms.